The zero-order valence-corrected chi connectivity index (χ0v) is 42.3. The second-order valence-electron chi connectivity index (χ2n) is 17.7. The fourth-order valence-electron chi connectivity index (χ4n) is 7.36. The van der Waals surface area contributed by atoms with E-state index in [1.165, 1.54) is 122 Å². The number of carbonyl (C=O) groups is 2. The molecule has 0 aromatic rings. The second-order valence-corrected chi connectivity index (χ2v) is 17.7. The fourth-order valence-corrected chi connectivity index (χ4v) is 7.36. The van der Waals surface area contributed by atoms with Crippen LogP contribution in [0.5, 0.6) is 0 Å². The van der Waals surface area contributed by atoms with Crippen molar-refractivity contribution >= 4 is 11.9 Å². The first-order valence-electron chi connectivity index (χ1n) is 27.1. The average Bonchev–Trinajstić information content (AvgIpc) is 3.30. The molecule has 0 aliphatic heterocycles. The molecule has 0 aromatic heterocycles. The summed E-state index contributed by atoms with van der Waals surface area (Å²) in [6.45, 7) is 7.61. The quantitative estimate of drug-likeness (QED) is 0.0346. The number of allylic oxidation sites excluding steroid dienone is 14. The molecule has 1 unspecified atom stereocenters. The Morgan fingerprint density at radius 3 is 1.20 bits per heavy atom. The van der Waals surface area contributed by atoms with Gasteiger partial charge in [-0.05, 0) is 109 Å². The molecule has 0 saturated carbocycles. The van der Waals surface area contributed by atoms with Crippen molar-refractivity contribution in [3.63, 3.8) is 0 Å². The number of hydrogen-bond acceptors (Lipinski definition) is 5. The number of hydrogen-bond donors (Lipinski definition) is 0. The first-order chi connectivity index (χ1) is 31.6. The maximum atomic E-state index is 12.8. The van der Waals surface area contributed by atoms with Crippen LogP contribution in [0.3, 0.4) is 0 Å². The fraction of sp³-hybridized carbons (Fsp3) is 0.729. The van der Waals surface area contributed by atoms with Crippen molar-refractivity contribution in [3.8, 4) is 0 Å². The SMILES string of the molecule is CC/C=C\C/C=C\C/C=C\C/C=C\CCCCCCC(=O)OCC(COCCCCCCCC/C=C\C/C=C\CCC)OC(=O)CCCCCCCCC/C=C\CCCCCCCC. The molecule has 0 fully saturated rings. The van der Waals surface area contributed by atoms with E-state index in [-0.39, 0.29) is 25.2 Å². The lowest BCUT2D eigenvalue weighted by Gasteiger charge is -2.18. The van der Waals surface area contributed by atoms with Gasteiger partial charge in [-0.25, -0.2) is 0 Å². The van der Waals surface area contributed by atoms with Gasteiger partial charge in [0.25, 0.3) is 0 Å². The molecule has 368 valence electrons. The Kier molecular flexibility index (Phi) is 51.9. The van der Waals surface area contributed by atoms with Crippen LogP contribution in [0.15, 0.2) is 85.1 Å². The van der Waals surface area contributed by atoms with Gasteiger partial charge in [0.05, 0.1) is 6.61 Å². The van der Waals surface area contributed by atoms with Gasteiger partial charge in [0, 0.05) is 19.4 Å². The summed E-state index contributed by atoms with van der Waals surface area (Å²) in [6.07, 6.45) is 71.6. The van der Waals surface area contributed by atoms with Gasteiger partial charge in [0.15, 0.2) is 6.10 Å². The number of unbranched alkanes of at least 4 members (excludes halogenated alkanes) is 24. The summed E-state index contributed by atoms with van der Waals surface area (Å²) in [7, 11) is 0. The lowest BCUT2D eigenvalue weighted by molar-refractivity contribution is -0.163. The molecule has 0 saturated heterocycles. The van der Waals surface area contributed by atoms with Crippen LogP contribution in [0, 0.1) is 0 Å². The Bertz CT molecular complexity index is 1190. The minimum Gasteiger partial charge on any atom is -0.462 e. The maximum Gasteiger partial charge on any atom is 0.306 e. The largest absolute Gasteiger partial charge is 0.462 e. The Labute approximate surface area is 397 Å². The van der Waals surface area contributed by atoms with Gasteiger partial charge in [-0.3, -0.25) is 9.59 Å². The van der Waals surface area contributed by atoms with Gasteiger partial charge in [0.1, 0.15) is 6.61 Å². The standard InChI is InChI=1S/C59H102O5/c1-4-7-10-13-16-19-22-25-28-30-32-34-37-40-43-46-49-52-58(60)63-56-57(55-62-54-51-48-45-42-39-36-27-24-21-18-15-12-9-6-3)64-59(61)53-50-47-44-41-38-35-33-31-29-26-23-20-17-14-11-8-5-2/h7,10,12,15-16,19,21,24-26,28-29,32,34,57H,4-6,8-9,11,13-14,17-18,20,22-23,27,30-31,33,35-56H2,1-3H3/b10-7-,15-12-,19-16-,24-21-,28-25-,29-26-,34-32-. The maximum absolute atomic E-state index is 12.8. The number of rotatable bonds is 49. The van der Waals surface area contributed by atoms with Crippen LogP contribution >= 0.6 is 0 Å². The Hall–Kier alpha value is -2.92. The smallest absolute Gasteiger partial charge is 0.306 e. The molecule has 0 aliphatic carbocycles. The van der Waals surface area contributed by atoms with Crippen molar-refractivity contribution in [3.05, 3.63) is 85.1 Å². The van der Waals surface area contributed by atoms with E-state index in [0.717, 1.165) is 96.3 Å². The zero-order valence-electron chi connectivity index (χ0n) is 42.3. The predicted octanol–water partition coefficient (Wildman–Crippen LogP) is 18.5. The van der Waals surface area contributed by atoms with Crippen molar-refractivity contribution in [2.75, 3.05) is 19.8 Å². The average molecular weight is 891 g/mol. The van der Waals surface area contributed by atoms with Crippen LogP contribution in [0.1, 0.15) is 252 Å². The summed E-state index contributed by atoms with van der Waals surface area (Å²) in [5.74, 6) is -0.433. The highest BCUT2D eigenvalue weighted by Gasteiger charge is 2.17. The highest BCUT2D eigenvalue weighted by molar-refractivity contribution is 5.70. The van der Waals surface area contributed by atoms with Crippen molar-refractivity contribution < 1.29 is 23.8 Å². The molecule has 0 aliphatic rings. The van der Waals surface area contributed by atoms with Gasteiger partial charge in [-0.1, -0.05) is 215 Å². The molecule has 5 heteroatoms. The lowest BCUT2D eigenvalue weighted by Crippen LogP contribution is -2.30. The molecule has 1 atom stereocenters. The summed E-state index contributed by atoms with van der Waals surface area (Å²) in [4.78, 5) is 25.5. The van der Waals surface area contributed by atoms with E-state index in [0.29, 0.717) is 19.4 Å². The zero-order chi connectivity index (χ0) is 46.3. The van der Waals surface area contributed by atoms with Crippen LogP contribution in [0.25, 0.3) is 0 Å². The lowest BCUT2D eigenvalue weighted by atomic mass is 10.1. The Balaban J connectivity index is 4.34. The van der Waals surface area contributed by atoms with Crippen LogP contribution in [0.4, 0.5) is 0 Å². The van der Waals surface area contributed by atoms with Gasteiger partial charge >= 0.3 is 11.9 Å². The van der Waals surface area contributed by atoms with Crippen molar-refractivity contribution in [2.24, 2.45) is 0 Å². The summed E-state index contributed by atoms with van der Waals surface area (Å²) < 4.78 is 17.4. The minimum absolute atomic E-state index is 0.0636. The molecule has 0 N–H and O–H groups in total. The van der Waals surface area contributed by atoms with E-state index in [1.54, 1.807) is 0 Å². The molecule has 0 radical (unpaired) electrons. The minimum atomic E-state index is -0.558. The Morgan fingerprint density at radius 2 is 0.734 bits per heavy atom. The van der Waals surface area contributed by atoms with Crippen LogP contribution in [-0.4, -0.2) is 37.9 Å². The van der Waals surface area contributed by atoms with Crippen molar-refractivity contribution in [2.45, 2.75) is 258 Å². The summed E-state index contributed by atoms with van der Waals surface area (Å²) in [5, 5.41) is 0. The normalized spacial score (nSPS) is 12.9. The van der Waals surface area contributed by atoms with E-state index in [9.17, 15) is 9.59 Å². The third-order valence-corrected chi connectivity index (χ3v) is 11.4. The molecule has 64 heavy (non-hydrogen) atoms. The van der Waals surface area contributed by atoms with E-state index in [1.807, 2.05) is 0 Å². The van der Waals surface area contributed by atoms with Gasteiger partial charge in [-0.2, -0.15) is 0 Å². The molecule has 0 spiro atoms. The topological polar surface area (TPSA) is 61.8 Å². The summed E-state index contributed by atoms with van der Waals surface area (Å²) in [5.41, 5.74) is 0. The van der Waals surface area contributed by atoms with E-state index < -0.39 is 6.10 Å². The van der Waals surface area contributed by atoms with E-state index in [2.05, 4.69) is 106 Å². The summed E-state index contributed by atoms with van der Waals surface area (Å²) >= 11 is 0. The van der Waals surface area contributed by atoms with Gasteiger partial charge < -0.3 is 14.2 Å². The highest BCUT2D eigenvalue weighted by atomic mass is 16.6. The van der Waals surface area contributed by atoms with Crippen molar-refractivity contribution in [1.29, 1.82) is 0 Å². The predicted molar refractivity (Wildman–Crippen MR) is 279 cm³/mol. The van der Waals surface area contributed by atoms with Gasteiger partial charge in [-0.15, -0.1) is 0 Å². The number of esters is 2. The van der Waals surface area contributed by atoms with Crippen LogP contribution < -0.4 is 0 Å². The number of carbonyl (C=O) groups excluding carboxylic acids is 2. The number of ether oxygens (including phenoxy) is 3. The molecule has 0 bridgehead atoms. The van der Waals surface area contributed by atoms with Crippen molar-refractivity contribution in [1.82, 2.24) is 0 Å². The molecule has 0 rings (SSSR count). The first-order valence-corrected chi connectivity index (χ1v) is 27.1. The van der Waals surface area contributed by atoms with Crippen LogP contribution in [-0.2, 0) is 23.8 Å². The molecular weight excluding hydrogens is 789 g/mol. The van der Waals surface area contributed by atoms with Gasteiger partial charge in [0.2, 0.25) is 0 Å². The summed E-state index contributed by atoms with van der Waals surface area (Å²) in [6, 6.07) is 0. The Morgan fingerprint density at radius 1 is 0.359 bits per heavy atom. The second kappa shape index (κ2) is 54.4. The van der Waals surface area contributed by atoms with E-state index >= 15 is 0 Å². The first kappa shape index (κ1) is 61.1. The third-order valence-electron chi connectivity index (χ3n) is 11.4. The van der Waals surface area contributed by atoms with E-state index in [4.69, 9.17) is 14.2 Å². The van der Waals surface area contributed by atoms with Crippen LogP contribution in [0.2, 0.25) is 0 Å². The monoisotopic (exact) mass is 891 g/mol. The molecule has 0 heterocycles. The molecule has 5 nitrogen and oxygen atoms in total. The molecule has 0 amide bonds. The molecular formula is C59H102O5. The highest BCUT2D eigenvalue weighted by Crippen LogP contribution is 2.14. The molecule has 0 aromatic carbocycles. The third kappa shape index (κ3) is 51.7.